The smallest absolute Gasteiger partial charge is 0.394 e. The largest absolute Gasteiger partial charge is 0.480 e. The minimum Gasteiger partial charge on any atom is -0.480 e. The molecule has 1 amide bonds. The van der Waals surface area contributed by atoms with Crippen molar-refractivity contribution < 1.29 is 32.2 Å². The summed E-state index contributed by atoms with van der Waals surface area (Å²) in [5.74, 6) is -1.64. The predicted molar refractivity (Wildman–Crippen MR) is 53.2 cm³/mol. The Bertz CT molecular complexity index is 306. The van der Waals surface area contributed by atoms with Crippen molar-refractivity contribution in [1.29, 1.82) is 0 Å². The number of aliphatic carboxylic acids is 1. The first-order valence-electron chi connectivity index (χ1n) is 3.50. The summed E-state index contributed by atoms with van der Waals surface area (Å²) >= 11 is 0. The lowest BCUT2D eigenvalue weighted by atomic mass is 10.2. The highest BCUT2D eigenvalue weighted by Gasteiger charge is 2.11. The molecule has 0 saturated heterocycles. The predicted octanol–water partition coefficient (Wildman–Crippen LogP) is -1.83. The van der Waals surface area contributed by atoms with Crippen molar-refractivity contribution in [3.63, 3.8) is 0 Å². The van der Waals surface area contributed by atoms with Gasteiger partial charge in [-0.2, -0.15) is 8.42 Å². The van der Waals surface area contributed by atoms with E-state index in [4.69, 9.17) is 34.1 Å². The Morgan fingerprint density at radius 3 is 1.75 bits per heavy atom. The van der Waals surface area contributed by atoms with Crippen molar-refractivity contribution in [3.05, 3.63) is 0 Å². The molecular weight excluding hydrogens is 246 g/mol. The molecule has 1 atom stereocenters. The number of hydrogen-bond acceptors (Lipinski definition) is 6. The summed E-state index contributed by atoms with van der Waals surface area (Å²) in [4.78, 5) is 20.1. The van der Waals surface area contributed by atoms with Gasteiger partial charge in [0.2, 0.25) is 5.91 Å². The fraction of sp³-hybridized carbons (Fsp3) is 0.600. The number of primary amides is 1. The minimum absolute atomic E-state index is 0. The zero-order valence-corrected chi connectivity index (χ0v) is 9.05. The van der Waals surface area contributed by atoms with Gasteiger partial charge >= 0.3 is 16.4 Å². The zero-order valence-electron chi connectivity index (χ0n) is 8.24. The van der Waals surface area contributed by atoms with Crippen LogP contribution in [0.4, 0.5) is 0 Å². The zero-order chi connectivity index (χ0) is 12.6. The van der Waals surface area contributed by atoms with Crippen LogP contribution in [0, 0.1) is 0 Å². The first kappa shape index (κ1) is 20.2. The Kier molecular flexibility index (Phi) is 11.3. The maximum Gasteiger partial charge on any atom is 0.394 e. The molecule has 0 aliphatic heterocycles. The van der Waals surface area contributed by atoms with Gasteiger partial charge in [-0.25, -0.2) is 0 Å². The fourth-order valence-electron chi connectivity index (χ4n) is 0.421. The second kappa shape index (κ2) is 8.99. The van der Waals surface area contributed by atoms with E-state index in [9.17, 15) is 9.59 Å². The molecular formula is C5H15N3O7S. The summed E-state index contributed by atoms with van der Waals surface area (Å²) < 4.78 is 31.6. The highest BCUT2D eigenvalue weighted by atomic mass is 32.3. The maximum absolute atomic E-state index is 10.1. The summed E-state index contributed by atoms with van der Waals surface area (Å²) in [6, 6.07) is -0.979. The number of carboxylic acid groups (broad SMARTS) is 1. The lowest BCUT2D eigenvalue weighted by Crippen LogP contribution is -2.31. The van der Waals surface area contributed by atoms with Gasteiger partial charge in [0.05, 0.1) is 0 Å². The Hall–Kier alpha value is -1.27. The van der Waals surface area contributed by atoms with Gasteiger partial charge in [0.15, 0.2) is 0 Å². The van der Waals surface area contributed by atoms with E-state index >= 15 is 0 Å². The lowest BCUT2D eigenvalue weighted by Gasteiger charge is -2.01. The van der Waals surface area contributed by atoms with Crippen molar-refractivity contribution >= 4 is 22.3 Å². The standard InChI is InChI=1S/C5H10N2O3.H3N.H2O4S/c6-3(5(9)10)1-2-4(7)8;;1-5(2,3)4/h3H,1-2,6H2,(H2,7,8)(H,9,10);1H3;(H2,1,2,3,4). The number of hydrogen-bond donors (Lipinski definition) is 6. The Balaban J connectivity index is -0.000000242. The molecule has 0 heterocycles. The van der Waals surface area contributed by atoms with Gasteiger partial charge in [0.25, 0.3) is 0 Å². The van der Waals surface area contributed by atoms with Gasteiger partial charge < -0.3 is 22.7 Å². The lowest BCUT2D eigenvalue weighted by molar-refractivity contribution is -0.138. The van der Waals surface area contributed by atoms with Crippen molar-refractivity contribution in [2.75, 3.05) is 0 Å². The summed E-state index contributed by atoms with van der Waals surface area (Å²) in [7, 11) is -4.67. The molecule has 0 spiro atoms. The Morgan fingerprint density at radius 1 is 1.25 bits per heavy atom. The SMILES string of the molecule is N.NC(=O)CCC(N)C(=O)O.O=S(=O)(O)O. The molecule has 0 aromatic rings. The van der Waals surface area contributed by atoms with Crippen LogP contribution in [0.5, 0.6) is 0 Å². The average Bonchev–Trinajstić information content (AvgIpc) is 1.96. The van der Waals surface area contributed by atoms with E-state index in [1.807, 2.05) is 0 Å². The van der Waals surface area contributed by atoms with E-state index in [0.29, 0.717) is 0 Å². The molecule has 0 rings (SSSR count). The van der Waals surface area contributed by atoms with Gasteiger partial charge in [0, 0.05) is 6.42 Å². The summed E-state index contributed by atoms with van der Waals surface area (Å²) in [6.45, 7) is 0. The van der Waals surface area contributed by atoms with Gasteiger partial charge in [-0.15, -0.1) is 0 Å². The third-order valence-electron chi connectivity index (χ3n) is 1.02. The van der Waals surface area contributed by atoms with Crippen molar-refractivity contribution in [2.24, 2.45) is 11.5 Å². The quantitative estimate of drug-likeness (QED) is 0.313. The van der Waals surface area contributed by atoms with Crippen LogP contribution < -0.4 is 17.6 Å². The molecule has 0 aliphatic rings. The van der Waals surface area contributed by atoms with Gasteiger partial charge in [-0.1, -0.05) is 0 Å². The molecule has 16 heavy (non-hydrogen) atoms. The van der Waals surface area contributed by atoms with Crippen molar-refractivity contribution in [2.45, 2.75) is 18.9 Å². The second-order valence-electron chi connectivity index (χ2n) is 2.40. The first-order valence-corrected chi connectivity index (χ1v) is 4.90. The molecule has 11 heteroatoms. The van der Waals surface area contributed by atoms with Crippen LogP contribution in [0.15, 0.2) is 0 Å². The maximum atomic E-state index is 10.1. The van der Waals surface area contributed by atoms with E-state index in [1.165, 1.54) is 0 Å². The molecule has 0 radical (unpaired) electrons. The van der Waals surface area contributed by atoms with E-state index in [1.54, 1.807) is 0 Å². The third-order valence-corrected chi connectivity index (χ3v) is 1.02. The van der Waals surface area contributed by atoms with E-state index < -0.39 is 28.3 Å². The van der Waals surface area contributed by atoms with E-state index in [-0.39, 0.29) is 19.0 Å². The molecule has 98 valence electrons. The molecule has 1 unspecified atom stereocenters. The van der Waals surface area contributed by atoms with Crippen molar-refractivity contribution in [1.82, 2.24) is 6.15 Å². The highest BCUT2D eigenvalue weighted by Crippen LogP contribution is 1.92. The molecule has 0 fully saturated rings. The Morgan fingerprint density at radius 2 is 1.56 bits per heavy atom. The summed E-state index contributed by atoms with van der Waals surface area (Å²) in [5, 5.41) is 8.22. The molecule has 10 nitrogen and oxygen atoms in total. The van der Waals surface area contributed by atoms with Crippen LogP contribution >= 0.6 is 0 Å². The van der Waals surface area contributed by atoms with Crippen LogP contribution in [0.1, 0.15) is 12.8 Å². The molecule has 10 N–H and O–H groups in total. The summed E-state index contributed by atoms with van der Waals surface area (Å²) in [5.41, 5.74) is 9.81. The third kappa shape index (κ3) is 29.3. The van der Waals surface area contributed by atoms with Crippen LogP contribution in [-0.4, -0.2) is 40.5 Å². The molecule has 0 saturated carbocycles. The molecule has 0 aliphatic carbocycles. The number of amides is 1. The molecule has 0 aromatic carbocycles. The minimum atomic E-state index is -4.67. The van der Waals surface area contributed by atoms with E-state index in [0.717, 1.165) is 0 Å². The monoisotopic (exact) mass is 261 g/mol. The van der Waals surface area contributed by atoms with Gasteiger partial charge in [-0.3, -0.25) is 18.7 Å². The average molecular weight is 261 g/mol. The van der Waals surface area contributed by atoms with Gasteiger partial charge in [0.1, 0.15) is 6.04 Å². The fourth-order valence-corrected chi connectivity index (χ4v) is 0.421. The summed E-state index contributed by atoms with van der Waals surface area (Å²) in [6.07, 6.45) is 0.123. The van der Waals surface area contributed by atoms with Crippen molar-refractivity contribution in [3.8, 4) is 0 Å². The normalized spacial score (nSPS) is 11.4. The number of carbonyl (C=O) groups excluding carboxylic acids is 1. The van der Waals surface area contributed by atoms with Crippen LogP contribution in [0.25, 0.3) is 0 Å². The number of nitrogens with two attached hydrogens (primary N) is 2. The van der Waals surface area contributed by atoms with Crippen LogP contribution in [0.2, 0.25) is 0 Å². The highest BCUT2D eigenvalue weighted by molar-refractivity contribution is 7.79. The topological polar surface area (TPSA) is 216 Å². The first-order chi connectivity index (χ1) is 6.54. The molecule has 0 aromatic heterocycles. The second-order valence-corrected chi connectivity index (χ2v) is 3.29. The number of carbonyl (C=O) groups is 2. The van der Waals surface area contributed by atoms with Gasteiger partial charge in [-0.05, 0) is 6.42 Å². The van der Waals surface area contributed by atoms with E-state index in [2.05, 4.69) is 0 Å². The van der Waals surface area contributed by atoms with Crippen LogP contribution in [-0.2, 0) is 20.0 Å². The number of rotatable bonds is 4. The number of carboxylic acids is 1. The van der Waals surface area contributed by atoms with Crippen LogP contribution in [0.3, 0.4) is 0 Å². The molecule has 0 bridgehead atoms. The Labute approximate surface area is 91.8 Å².